The van der Waals surface area contributed by atoms with Gasteiger partial charge >= 0.3 is 6.18 Å². The van der Waals surface area contributed by atoms with Crippen LogP contribution in [-0.4, -0.2) is 59.6 Å². The van der Waals surface area contributed by atoms with Crippen LogP contribution in [0, 0.1) is 0 Å². The molecule has 0 aliphatic carbocycles. The van der Waals surface area contributed by atoms with Gasteiger partial charge < -0.3 is 24.8 Å². The van der Waals surface area contributed by atoms with Crippen molar-refractivity contribution < 1.29 is 27.4 Å². The Hall–Kier alpha value is -2.00. The quantitative estimate of drug-likeness (QED) is 0.352. The molecule has 6 nitrogen and oxygen atoms in total. The van der Waals surface area contributed by atoms with Crippen LogP contribution in [0.1, 0.15) is 12.0 Å². The summed E-state index contributed by atoms with van der Waals surface area (Å²) >= 11 is 0. The van der Waals surface area contributed by atoms with E-state index < -0.39 is 11.7 Å². The van der Waals surface area contributed by atoms with Crippen molar-refractivity contribution in [2.75, 3.05) is 53.7 Å². The number of methoxy groups -OCH3 is 1. The second-order valence-electron chi connectivity index (χ2n) is 5.26. The lowest BCUT2D eigenvalue weighted by Crippen LogP contribution is -2.39. The number of ether oxygens (including phenoxy) is 3. The lowest BCUT2D eigenvalue weighted by molar-refractivity contribution is -0.137. The molecular weight excluding hydrogens is 351 g/mol. The van der Waals surface area contributed by atoms with Crippen LogP contribution in [0.3, 0.4) is 0 Å². The van der Waals surface area contributed by atoms with E-state index in [0.29, 0.717) is 51.2 Å². The molecule has 0 radical (unpaired) electrons. The number of halogens is 3. The van der Waals surface area contributed by atoms with E-state index in [4.69, 9.17) is 14.2 Å². The van der Waals surface area contributed by atoms with Crippen LogP contribution in [0.2, 0.25) is 0 Å². The third-order valence-electron chi connectivity index (χ3n) is 3.26. The molecule has 0 aromatic heterocycles. The molecule has 9 heteroatoms. The summed E-state index contributed by atoms with van der Waals surface area (Å²) in [6.07, 6.45) is -3.51. The van der Waals surface area contributed by atoms with Gasteiger partial charge in [0.2, 0.25) is 0 Å². The van der Waals surface area contributed by atoms with Crippen LogP contribution in [-0.2, 0) is 15.7 Å². The number of alkyl halides is 3. The fourth-order valence-corrected chi connectivity index (χ4v) is 1.92. The summed E-state index contributed by atoms with van der Waals surface area (Å²) in [4.78, 5) is 4.07. The summed E-state index contributed by atoms with van der Waals surface area (Å²) in [5.74, 6) is 1.01. The van der Waals surface area contributed by atoms with Gasteiger partial charge in [0.1, 0.15) is 12.4 Å². The molecule has 148 valence electrons. The molecule has 1 rings (SSSR count). The van der Waals surface area contributed by atoms with Crippen molar-refractivity contribution in [2.45, 2.75) is 12.6 Å². The molecule has 0 aliphatic heterocycles. The monoisotopic (exact) mass is 377 g/mol. The van der Waals surface area contributed by atoms with E-state index >= 15 is 0 Å². The molecule has 0 unspecified atom stereocenters. The minimum atomic E-state index is -4.34. The Morgan fingerprint density at radius 3 is 2.31 bits per heavy atom. The zero-order valence-corrected chi connectivity index (χ0v) is 15.1. The van der Waals surface area contributed by atoms with Crippen molar-refractivity contribution >= 4 is 5.96 Å². The standard InChI is InChI=1S/C17H26F3N3O3/c1-21-16(22-8-3-10-25-13-12-24-2)23-9-11-26-15-6-4-14(5-7-15)17(18,19)20/h4-7H,3,8-13H2,1-2H3,(H2,21,22,23). The zero-order valence-electron chi connectivity index (χ0n) is 15.1. The van der Waals surface area contributed by atoms with Gasteiger partial charge in [0.25, 0.3) is 0 Å². The van der Waals surface area contributed by atoms with Crippen molar-refractivity contribution in [2.24, 2.45) is 4.99 Å². The Bertz CT molecular complexity index is 522. The van der Waals surface area contributed by atoms with Gasteiger partial charge in [-0.2, -0.15) is 13.2 Å². The molecule has 0 fully saturated rings. The van der Waals surface area contributed by atoms with Gasteiger partial charge in [-0.3, -0.25) is 4.99 Å². The van der Waals surface area contributed by atoms with Crippen LogP contribution >= 0.6 is 0 Å². The molecule has 1 aromatic carbocycles. The Balaban J connectivity index is 2.15. The first kappa shape index (κ1) is 22.0. The molecule has 0 amide bonds. The van der Waals surface area contributed by atoms with Crippen LogP contribution in [0.25, 0.3) is 0 Å². The number of aliphatic imine (C=N–C) groups is 1. The van der Waals surface area contributed by atoms with Crippen molar-refractivity contribution in [1.29, 1.82) is 0 Å². The lowest BCUT2D eigenvalue weighted by atomic mass is 10.2. The molecule has 0 heterocycles. The van der Waals surface area contributed by atoms with E-state index in [1.165, 1.54) is 12.1 Å². The maximum atomic E-state index is 12.5. The van der Waals surface area contributed by atoms with Crippen molar-refractivity contribution in [1.82, 2.24) is 10.6 Å². The molecule has 1 aromatic rings. The predicted octanol–water partition coefficient (Wildman–Crippen LogP) is 2.30. The Morgan fingerprint density at radius 2 is 1.69 bits per heavy atom. The first-order valence-electron chi connectivity index (χ1n) is 8.28. The normalized spacial score (nSPS) is 12.1. The topological polar surface area (TPSA) is 64.1 Å². The molecular formula is C17H26F3N3O3. The number of benzene rings is 1. The van der Waals surface area contributed by atoms with Gasteiger partial charge in [-0.15, -0.1) is 0 Å². The highest BCUT2D eigenvalue weighted by Gasteiger charge is 2.29. The predicted molar refractivity (Wildman–Crippen MR) is 93.6 cm³/mol. The molecule has 0 aliphatic rings. The zero-order chi connectivity index (χ0) is 19.3. The van der Waals surface area contributed by atoms with E-state index in [1.807, 2.05) is 0 Å². The van der Waals surface area contributed by atoms with E-state index in [-0.39, 0.29) is 0 Å². The van der Waals surface area contributed by atoms with Gasteiger partial charge in [-0.05, 0) is 30.7 Å². The highest BCUT2D eigenvalue weighted by molar-refractivity contribution is 5.79. The highest BCUT2D eigenvalue weighted by Crippen LogP contribution is 2.30. The molecule has 0 saturated heterocycles. The fourth-order valence-electron chi connectivity index (χ4n) is 1.92. The Morgan fingerprint density at radius 1 is 1.00 bits per heavy atom. The first-order valence-corrected chi connectivity index (χ1v) is 8.28. The highest BCUT2D eigenvalue weighted by atomic mass is 19.4. The maximum absolute atomic E-state index is 12.5. The number of nitrogens with zero attached hydrogens (tertiary/aromatic N) is 1. The van der Waals surface area contributed by atoms with Gasteiger partial charge in [0, 0.05) is 27.3 Å². The average Bonchev–Trinajstić information content (AvgIpc) is 2.62. The number of guanidine groups is 1. The van der Waals surface area contributed by atoms with Crippen LogP contribution < -0.4 is 15.4 Å². The van der Waals surface area contributed by atoms with Gasteiger partial charge in [0.05, 0.1) is 25.3 Å². The molecule has 0 atom stereocenters. The summed E-state index contributed by atoms with van der Waals surface area (Å²) in [5.41, 5.74) is -0.696. The molecule has 26 heavy (non-hydrogen) atoms. The van der Waals surface area contributed by atoms with E-state index in [1.54, 1.807) is 14.2 Å². The summed E-state index contributed by atoms with van der Waals surface area (Å²) in [7, 11) is 3.28. The largest absolute Gasteiger partial charge is 0.492 e. The summed E-state index contributed by atoms with van der Waals surface area (Å²) in [6.45, 7) is 3.24. The fraction of sp³-hybridized carbons (Fsp3) is 0.588. The van der Waals surface area contributed by atoms with E-state index in [0.717, 1.165) is 18.6 Å². The summed E-state index contributed by atoms with van der Waals surface area (Å²) in [5, 5.41) is 6.19. The third kappa shape index (κ3) is 9.47. The average molecular weight is 377 g/mol. The number of hydrogen-bond donors (Lipinski definition) is 2. The molecule has 0 bridgehead atoms. The van der Waals surface area contributed by atoms with E-state index in [9.17, 15) is 13.2 Å². The number of hydrogen-bond acceptors (Lipinski definition) is 4. The number of nitrogens with one attached hydrogen (secondary N) is 2. The minimum Gasteiger partial charge on any atom is -0.492 e. The minimum absolute atomic E-state index is 0.298. The Labute approximate surface area is 151 Å². The van der Waals surface area contributed by atoms with Gasteiger partial charge in [0.15, 0.2) is 5.96 Å². The molecule has 0 saturated carbocycles. The van der Waals surface area contributed by atoms with Gasteiger partial charge in [-0.25, -0.2) is 0 Å². The maximum Gasteiger partial charge on any atom is 0.416 e. The third-order valence-corrected chi connectivity index (χ3v) is 3.26. The molecule has 2 N–H and O–H groups in total. The number of rotatable bonds is 11. The van der Waals surface area contributed by atoms with Gasteiger partial charge in [-0.1, -0.05) is 0 Å². The van der Waals surface area contributed by atoms with Crippen LogP contribution in [0.4, 0.5) is 13.2 Å². The second-order valence-corrected chi connectivity index (χ2v) is 5.26. The lowest BCUT2D eigenvalue weighted by Gasteiger charge is -2.13. The smallest absolute Gasteiger partial charge is 0.416 e. The van der Waals surface area contributed by atoms with Crippen molar-refractivity contribution in [3.8, 4) is 5.75 Å². The SMILES string of the molecule is CN=C(NCCCOCCOC)NCCOc1ccc(C(F)(F)F)cc1. The second kappa shape index (κ2) is 12.4. The summed E-state index contributed by atoms with van der Waals surface area (Å²) < 4.78 is 53.1. The Kier molecular flexibility index (Phi) is 10.5. The molecule has 0 spiro atoms. The van der Waals surface area contributed by atoms with Crippen LogP contribution in [0.15, 0.2) is 29.3 Å². The van der Waals surface area contributed by atoms with Crippen LogP contribution in [0.5, 0.6) is 5.75 Å². The summed E-state index contributed by atoms with van der Waals surface area (Å²) in [6, 6.07) is 4.61. The van der Waals surface area contributed by atoms with E-state index in [2.05, 4.69) is 15.6 Å². The van der Waals surface area contributed by atoms with Crippen molar-refractivity contribution in [3.05, 3.63) is 29.8 Å². The van der Waals surface area contributed by atoms with Crippen molar-refractivity contribution in [3.63, 3.8) is 0 Å². The first-order chi connectivity index (χ1) is 12.5.